The molecule has 1 fully saturated rings. The second kappa shape index (κ2) is 9.43. The van der Waals surface area contributed by atoms with Gasteiger partial charge in [-0.05, 0) is 45.9 Å². The fourth-order valence-corrected chi connectivity index (χ4v) is 4.78. The van der Waals surface area contributed by atoms with Crippen LogP contribution >= 0.6 is 7.82 Å². The number of carbonyl (C=O) groups is 1. The number of aliphatic imine (C=N–C) groups is 1. The van der Waals surface area contributed by atoms with E-state index in [4.69, 9.17) is 13.6 Å². The Morgan fingerprint density at radius 2 is 1.87 bits per heavy atom. The first-order valence-electron chi connectivity index (χ1n) is 10.0. The molecule has 9 nitrogen and oxygen atoms in total. The monoisotopic (exact) mass is 442 g/mol. The number of halogens is 1. The molecule has 2 aliphatic rings. The molecule has 2 atom stereocenters. The minimum atomic E-state index is -3.88. The topological polar surface area (TPSA) is 92.7 Å². The molecule has 2 amide bonds. The molecule has 166 valence electrons. The number of amides is 2. The van der Waals surface area contributed by atoms with Gasteiger partial charge < -0.3 is 14.7 Å². The van der Waals surface area contributed by atoms with Crippen LogP contribution in [0, 0.1) is 5.82 Å². The number of nitrogens with one attached hydrogen (secondary N) is 1. The molecule has 0 aliphatic carbocycles. The molecule has 0 spiro atoms. The van der Waals surface area contributed by atoms with E-state index in [0.717, 1.165) is 0 Å². The highest BCUT2D eigenvalue weighted by Gasteiger charge is 2.36. The van der Waals surface area contributed by atoms with Crippen LogP contribution < -0.4 is 10.2 Å². The summed E-state index contributed by atoms with van der Waals surface area (Å²) in [6.07, 6.45) is 0. The van der Waals surface area contributed by atoms with Gasteiger partial charge in [0, 0.05) is 25.2 Å². The molecule has 0 saturated carbocycles. The van der Waals surface area contributed by atoms with Crippen molar-refractivity contribution < 1.29 is 27.3 Å². The van der Waals surface area contributed by atoms with Crippen LogP contribution in [0.15, 0.2) is 23.2 Å². The van der Waals surface area contributed by atoms with Crippen molar-refractivity contribution >= 4 is 31.1 Å². The normalized spacial score (nSPS) is 21.8. The van der Waals surface area contributed by atoms with Gasteiger partial charge in [-0.2, -0.15) is 0 Å². The predicted molar refractivity (Wildman–Crippen MR) is 112 cm³/mol. The summed E-state index contributed by atoms with van der Waals surface area (Å²) in [4.78, 5) is 20.7. The third-order valence-corrected chi connectivity index (χ3v) is 6.20. The maximum atomic E-state index is 13.9. The minimum Gasteiger partial charge on any atom is -0.388 e. The van der Waals surface area contributed by atoms with Gasteiger partial charge in [0.25, 0.3) is 0 Å². The number of rotatable bonds is 5. The van der Waals surface area contributed by atoms with Crippen molar-refractivity contribution in [3.63, 3.8) is 0 Å². The van der Waals surface area contributed by atoms with Crippen molar-refractivity contribution in [1.29, 1.82) is 0 Å². The number of benzene rings is 1. The van der Waals surface area contributed by atoms with Crippen LogP contribution in [-0.4, -0.2) is 61.8 Å². The molecular weight excluding hydrogens is 414 g/mol. The first-order chi connectivity index (χ1) is 14.2. The summed E-state index contributed by atoms with van der Waals surface area (Å²) >= 11 is 0. The Kier molecular flexibility index (Phi) is 7.13. The van der Waals surface area contributed by atoms with Crippen LogP contribution in [-0.2, 0) is 18.1 Å². The number of nitrogens with zero attached hydrogens (tertiary/aromatic N) is 3. The fourth-order valence-electron chi connectivity index (χ4n) is 3.61. The molecule has 1 aromatic rings. The highest BCUT2D eigenvalue weighted by atomic mass is 31.2. The van der Waals surface area contributed by atoms with Gasteiger partial charge in [0.1, 0.15) is 12.4 Å². The van der Waals surface area contributed by atoms with E-state index in [1.165, 1.54) is 23.1 Å². The number of hydrogen-bond acceptors (Lipinski definition) is 7. The second-order valence-corrected chi connectivity index (χ2v) is 8.85. The van der Waals surface area contributed by atoms with Gasteiger partial charge in [-0.25, -0.2) is 18.7 Å². The molecule has 0 bridgehead atoms. The molecule has 2 heterocycles. The van der Waals surface area contributed by atoms with E-state index >= 15 is 0 Å². The molecule has 0 aromatic heterocycles. The van der Waals surface area contributed by atoms with Crippen molar-refractivity contribution in [2.24, 2.45) is 4.99 Å². The minimum absolute atomic E-state index is 0.00363. The zero-order valence-corrected chi connectivity index (χ0v) is 18.5. The summed E-state index contributed by atoms with van der Waals surface area (Å²) in [5.74, 6) is -0.480. The van der Waals surface area contributed by atoms with E-state index in [1.807, 2.05) is 13.8 Å². The third-order valence-electron chi connectivity index (χ3n) is 4.62. The van der Waals surface area contributed by atoms with Crippen molar-refractivity contribution in [1.82, 2.24) is 10.2 Å². The first-order valence-corrected chi connectivity index (χ1v) is 11.5. The third kappa shape index (κ3) is 5.18. The van der Waals surface area contributed by atoms with E-state index in [9.17, 15) is 13.8 Å². The molecule has 1 N–H and O–H groups in total. The maximum absolute atomic E-state index is 13.9. The summed E-state index contributed by atoms with van der Waals surface area (Å²) in [7, 11) is -3.88. The van der Waals surface area contributed by atoms with Gasteiger partial charge in [0.2, 0.25) is 5.90 Å². The van der Waals surface area contributed by atoms with E-state index in [2.05, 4.69) is 10.3 Å². The largest absolute Gasteiger partial charge is 0.531 e. The summed E-state index contributed by atoms with van der Waals surface area (Å²) in [6.45, 7) is 8.45. The number of fused-ring (bicyclic) bond motifs is 1. The lowest BCUT2D eigenvalue weighted by atomic mass is 10.1. The number of anilines is 1. The summed E-state index contributed by atoms with van der Waals surface area (Å²) in [6, 6.07) is 3.88. The Morgan fingerprint density at radius 3 is 2.47 bits per heavy atom. The molecule has 30 heavy (non-hydrogen) atoms. The molecule has 3 rings (SSSR count). The van der Waals surface area contributed by atoms with Crippen molar-refractivity contribution in [2.45, 2.75) is 39.8 Å². The summed E-state index contributed by atoms with van der Waals surface area (Å²) in [5.41, 5.74) is 0.663. The van der Waals surface area contributed by atoms with Gasteiger partial charge >= 0.3 is 13.9 Å². The quantitative estimate of drug-likeness (QED) is 0.700. The van der Waals surface area contributed by atoms with Gasteiger partial charge in [0.05, 0.1) is 24.6 Å². The molecule has 0 radical (unpaired) electrons. The molecule has 2 aliphatic heterocycles. The Bertz CT molecular complexity index is 847. The number of urea groups is 1. The van der Waals surface area contributed by atoms with Gasteiger partial charge in [0.15, 0.2) is 0 Å². The van der Waals surface area contributed by atoms with Crippen molar-refractivity contribution in [2.75, 3.05) is 37.7 Å². The highest BCUT2D eigenvalue weighted by Crippen LogP contribution is 2.50. The van der Waals surface area contributed by atoms with Crippen LogP contribution in [0.3, 0.4) is 0 Å². The standard InChI is InChI=1S/C19H28FN4O5P/c1-5-27-30(26,28-6-2)29-18-12-24(17-9-15(20)7-8-16(17)22-18)19(25)23-10-13(3)21-14(4)11-23/h7-9,13-14,21H,5-6,10-12H2,1-4H3. The van der Waals surface area contributed by atoms with Crippen LogP contribution in [0.25, 0.3) is 0 Å². The Labute approximate surface area is 175 Å². The number of phosphoric acid groups is 1. The molecular formula is C19H28FN4O5P. The van der Waals surface area contributed by atoms with E-state index in [0.29, 0.717) is 24.5 Å². The van der Waals surface area contributed by atoms with Crippen LogP contribution in [0.1, 0.15) is 27.7 Å². The number of hydrogen-bond donors (Lipinski definition) is 1. The zero-order chi connectivity index (χ0) is 21.9. The van der Waals surface area contributed by atoms with E-state index < -0.39 is 13.6 Å². The van der Waals surface area contributed by atoms with E-state index in [1.54, 1.807) is 18.7 Å². The molecule has 1 saturated heterocycles. The Balaban J connectivity index is 1.91. The smallest absolute Gasteiger partial charge is 0.388 e. The van der Waals surface area contributed by atoms with Gasteiger partial charge in [-0.1, -0.05) is 0 Å². The first kappa shape index (κ1) is 22.7. The average molecular weight is 442 g/mol. The Morgan fingerprint density at radius 1 is 1.23 bits per heavy atom. The molecule has 1 aromatic carbocycles. The lowest BCUT2D eigenvalue weighted by Crippen LogP contribution is -2.59. The zero-order valence-electron chi connectivity index (χ0n) is 17.6. The summed E-state index contributed by atoms with van der Waals surface area (Å²) in [5, 5.41) is 3.37. The van der Waals surface area contributed by atoms with Crippen molar-refractivity contribution in [3.05, 3.63) is 24.0 Å². The molecule has 2 unspecified atom stereocenters. The Hall–Kier alpha value is -2.00. The average Bonchev–Trinajstić information content (AvgIpc) is 2.66. The van der Waals surface area contributed by atoms with Gasteiger partial charge in [-0.15, -0.1) is 0 Å². The maximum Gasteiger partial charge on any atom is 0.531 e. The number of carbonyl (C=O) groups excluding carboxylic acids is 1. The molecule has 11 heteroatoms. The van der Waals surface area contributed by atoms with Gasteiger partial charge in [-0.3, -0.25) is 13.9 Å². The van der Waals surface area contributed by atoms with E-state index in [-0.39, 0.29) is 43.8 Å². The van der Waals surface area contributed by atoms with Crippen LogP contribution in [0.2, 0.25) is 0 Å². The lowest BCUT2D eigenvalue weighted by molar-refractivity contribution is 0.162. The lowest BCUT2D eigenvalue weighted by Gasteiger charge is -2.39. The number of piperazine rings is 1. The number of phosphoric ester groups is 1. The second-order valence-electron chi connectivity index (χ2n) is 7.26. The summed E-state index contributed by atoms with van der Waals surface area (Å²) < 4.78 is 42.6. The van der Waals surface area contributed by atoms with Crippen molar-refractivity contribution in [3.8, 4) is 0 Å². The van der Waals surface area contributed by atoms with Crippen LogP contribution in [0.5, 0.6) is 0 Å². The van der Waals surface area contributed by atoms with Crippen LogP contribution in [0.4, 0.5) is 20.6 Å². The highest BCUT2D eigenvalue weighted by molar-refractivity contribution is 7.49. The SMILES string of the molecule is CCOP(=O)(OCC)OC1=Nc2ccc(F)cc2N(C(=O)N2CC(C)NC(C)C2)C1. The fraction of sp³-hybridized carbons (Fsp3) is 0.579. The predicted octanol–water partition coefficient (Wildman–Crippen LogP) is 3.68.